The maximum Gasteiger partial charge on any atom is 0.407 e. The van der Waals surface area contributed by atoms with Gasteiger partial charge in [-0.1, -0.05) is 0 Å². The number of ether oxygens (including phenoxy) is 2. The van der Waals surface area contributed by atoms with Crippen molar-refractivity contribution in [3.8, 4) is 0 Å². The number of amides is 1. The van der Waals surface area contributed by atoms with E-state index in [1.54, 1.807) is 6.92 Å². The first kappa shape index (κ1) is 10.3. The molecular weight excluding hydrogens is 170 g/mol. The fourth-order valence-electron chi connectivity index (χ4n) is 1.45. The average molecular weight is 187 g/mol. The molecule has 1 fully saturated rings. The molecule has 76 valence electrons. The van der Waals surface area contributed by atoms with Gasteiger partial charge in [-0.3, -0.25) is 0 Å². The molecule has 1 amide bonds. The summed E-state index contributed by atoms with van der Waals surface area (Å²) in [6, 6.07) is 0.0431. The lowest BCUT2D eigenvalue weighted by Gasteiger charge is -2.19. The molecule has 0 unspecified atom stereocenters. The molecule has 4 heteroatoms. The first-order valence-electron chi connectivity index (χ1n) is 4.79. The molecule has 0 saturated carbocycles. The second kappa shape index (κ2) is 5.07. The zero-order chi connectivity index (χ0) is 9.68. The van der Waals surface area contributed by atoms with Crippen LogP contribution in [0.4, 0.5) is 4.79 Å². The van der Waals surface area contributed by atoms with Gasteiger partial charge in [-0.15, -0.1) is 0 Å². The minimum atomic E-state index is -0.356. The molecule has 1 aliphatic rings. The first-order chi connectivity index (χ1) is 6.24. The lowest BCUT2D eigenvalue weighted by atomic mass is 10.1. The molecule has 0 aromatic carbocycles. The summed E-state index contributed by atoms with van der Waals surface area (Å²) in [6.07, 6.45) is 1.91. The zero-order valence-corrected chi connectivity index (χ0v) is 8.21. The molecule has 0 aromatic rings. The lowest BCUT2D eigenvalue weighted by Crippen LogP contribution is -2.41. The van der Waals surface area contributed by atoms with E-state index in [2.05, 4.69) is 5.32 Å². The van der Waals surface area contributed by atoms with Crippen molar-refractivity contribution in [1.29, 1.82) is 0 Å². The second-order valence-electron chi connectivity index (χ2n) is 3.20. The number of carbonyl (C=O) groups excluding carboxylic acids is 1. The van der Waals surface area contributed by atoms with Gasteiger partial charge in [0, 0.05) is 6.61 Å². The Bertz CT molecular complexity index is 166. The summed E-state index contributed by atoms with van der Waals surface area (Å²) < 4.78 is 10.2. The van der Waals surface area contributed by atoms with E-state index in [4.69, 9.17) is 9.47 Å². The van der Waals surface area contributed by atoms with Gasteiger partial charge in [0.1, 0.15) is 0 Å². The van der Waals surface area contributed by atoms with Crippen LogP contribution in [0, 0.1) is 0 Å². The Labute approximate surface area is 78.6 Å². The summed E-state index contributed by atoms with van der Waals surface area (Å²) in [6.45, 7) is 4.94. The number of alkyl carbamates (subject to hydrolysis) is 1. The van der Waals surface area contributed by atoms with E-state index in [1.165, 1.54) is 0 Å². The predicted molar refractivity (Wildman–Crippen MR) is 48.6 cm³/mol. The molecule has 4 nitrogen and oxygen atoms in total. The molecule has 1 heterocycles. The Balaban J connectivity index is 2.22. The number of hydrogen-bond acceptors (Lipinski definition) is 3. The van der Waals surface area contributed by atoms with Crippen molar-refractivity contribution >= 4 is 6.09 Å². The zero-order valence-electron chi connectivity index (χ0n) is 8.21. The molecule has 0 radical (unpaired) electrons. The van der Waals surface area contributed by atoms with E-state index in [0.29, 0.717) is 6.61 Å². The maximum absolute atomic E-state index is 11.0. The van der Waals surface area contributed by atoms with Crippen molar-refractivity contribution in [2.75, 3.05) is 13.2 Å². The van der Waals surface area contributed by atoms with E-state index >= 15 is 0 Å². The summed E-state index contributed by atoms with van der Waals surface area (Å²) in [7, 11) is 0. The van der Waals surface area contributed by atoms with Crippen LogP contribution in [-0.2, 0) is 9.47 Å². The van der Waals surface area contributed by atoms with Crippen LogP contribution in [0.3, 0.4) is 0 Å². The Morgan fingerprint density at radius 1 is 1.77 bits per heavy atom. The molecular formula is C9H17NO3. The highest BCUT2D eigenvalue weighted by Gasteiger charge is 2.23. The van der Waals surface area contributed by atoms with Crippen molar-refractivity contribution in [2.45, 2.75) is 38.8 Å². The van der Waals surface area contributed by atoms with Crippen molar-refractivity contribution in [3.63, 3.8) is 0 Å². The normalized spacial score (nSPS) is 24.0. The van der Waals surface area contributed by atoms with Crippen LogP contribution in [0.15, 0.2) is 0 Å². The van der Waals surface area contributed by atoms with Gasteiger partial charge in [0.25, 0.3) is 0 Å². The molecule has 13 heavy (non-hydrogen) atoms. The maximum atomic E-state index is 11.0. The second-order valence-corrected chi connectivity index (χ2v) is 3.20. The van der Waals surface area contributed by atoms with Gasteiger partial charge in [0.05, 0.1) is 18.8 Å². The summed E-state index contributed by atoms with van der Waals surface area (Å²) in [5.41, 5.74) is 0. The third kappa shape index (κ3) is 3.22. The number of rotatable bonds is 3. The van der Waals surface area contributed by atoms with Crippen LogP contribution >= 0.6 is 0 Å². The van der Waals surface area contributed by atoms with Crippen molar-refractivity contribution in [3.05, 3.63) is 0 Å². The third-order valence-corrected chi connectivity index (χ3v) is 2.14. The Hall–Kier alpha value is -0.770. The monoisotopic (exact) mass is 187 g/mol. The number of carbonyl (C=O) groups is 1. The quantitative estimate of drug-likeness (QED) is 0.724. The molecule has 0 spiro atoms. The average Bonchev–Trinajstić information content (AvgIpc) is 2.55. The fourth-order valence-corrected chi connectivity index (χ4v) is 1.45. The van der Waals surface area contributed by atoms with Crippen molar-refractivity contribution in [1.82, 2.24) is 5.32 Å². The Morgan fingerprint density at radius 3 is 3.08 bits per heavy atom. The SMILES string of the molecule is CCOC(=O)N[C@@H](C)[C@H]1CCCO1. The van der Waals surface area contributed by atoms with Gasteiger partial charge in [-0.05, 0) is 26.7 Å². The van der Waals surface area contributed by atoms with E-state index in [0.717, 1.165) is 19.4 Å². The summed E-state index contributed by atoms with van der Waals surface area (Å²) in [5, 5.41) is 2.74. The lowest BCUT2D eigenvalue weighted by molar-refractivity contribution is 0.0777. The predicted octanol–water partition coefficient (Wildman–Crippen LogP) is 1.30. The van der Waals surface area contributed by atoms with Gasteiger partial charge >= 0.3 is 6.09 Å². The fraction of sp³-hybridized carbons (Fsp3) is 0.889. The molecule has 2 atom stereocenters. The van der Waals surface area contributed by atoms with Crippen LogP contribution < -0.4 is 5.32 Å². The Morgan fingerprint density at radius 2 is 2.54 bits per heavy atom. The smallest absolute Gasteiger partial charge is 0.407 e. The van der Waals surface area contributed by atoms with Crippen LogP contribution in [0.1, 0.15) is 26.7 Å². The standard InChI is InChI=1S/C9H17NO3/c1-3-12-9(11)10-7(2)8-5-4-6-13-8/h7-8H,3-6H2,1-2H3,(H,10,11)/t7-,8+/m0/s1. The minimum absolute atomic E-state index is 0.0431. The topological polar surface area (TPSA) is 47.6 Å². The van der Waals surface area contributed by atoms with Gasteiger partial charge in [-0.25, -0.2) is 4.79 Å². The molecule has 0 bridgehead atoms. The highest BCUT2D eigenvalue weighted by Crippen LogP contribution is 2.15. The molecule has 1 rings (SSSR count). The molecule has 1 saturated heterocycles. The van der Waals surface area contributed by atoms with E-state index in [1.807, 2.05) is 6.92 Å². The van der Waals surface area contributed by atoms with Gasteiger partial charge in [0.2, 0.25) is 0 Å². The highest BCUT2D eigenvalue weighted by atomic mass is 16.5. The van der Waals surface area contributed by atoms with Gasteiger partial charge < -0.3 is 14.8 Å². The third-order valence-electron chi connectivity index (χ3n) is 2.14. The molecule has 0 aromatic heterocycles. The molecule has 1 aliphatic heterocycles. The van der Waals surface area contributed by atoms with E-state index in [-0.39, 0.29) is 18.2 Å². The van der Waals surface area contributed by atoms with Crippen LogP contribution in [0.5, 0.6) is 0 Å². The largest absolute Gasteiger partial charge is 0.450 e. The van der Waals surface area contributed by atoms with Gasteiger partial charge in [-0.2, -0.15) is 0 Å². The van der Waals surface area contributed by atoms with E-state index < -0.39 is 0 Å². The van der Waals surface area contributed by atoms with Gasteiger partial charge in [0.15, 0.2) is 0 Å². The molecule has 1 N–H and O–H groups in total. The summed E-state index contributed by atoms with van der Waals surface area (Å²) in [4.78, 5) is 11.0. The summed E-state index contributed by atoms with van der Waals surface area (Å²) in [5.74, 6) is 0. The van der Waals surface area contributed by atoms with Crippen LogP contribution in [0.2, 0.25) is 0 Å². The van der Waals surface area contributed by atoms with Crippen LogP contribution in [0.25, 0.3) is 0 Å². The first-order valence-corrected chi connectivity index (χ1v) is 4.79. The summed E-state index contributed by atoms with van der Waals surface area (Å²) >= 11 is 0. The van der Waals surface area contributed by atoms with Crippen LogP contribution in [-0.4, -0.2) is 31.5 Å². The number of hydrogen-bond donors (Lipinski definition) is 1. The minimum Gasteiger partial charge on any atom is -0.450 e. The Kier molecular flexibility index (Phi) is 4.02. The van der Waals surface area contributed by atoms with Crippen molar-refractivity contribution in [2.24, 2.45) is 0 Å². The highest BCUT2D eigenvalue weighted by molar-refractivity contribution is 5.67. The molecule has 0 aliphatic carbocycles. The number of nitrogens with one attached hydrogen (secondary N) is 1. The van der Waals surface area contributed by atoms with Crippen molar-refractivity contribution < 1.29 is 14.3 Å². The van der Waals surface area contributed by atoms with E-state index in [9.17, 15) is 4.79 Å².